The van der Waals surface area contributed by atoms with Crippen molar-refractivity contribution in [3.63, 3.8) is 0 Å². The maximum Gasteiger partial charge on any atom is 0.419 e. The molecule has 0 amide bonds. The average molecular weight is 350 g/mol. The second kappa shape index (κ2) is 5.81. The van der Waals surface area contributed by atoms with Crippen LogP contribution in [0.3, 0.4) is 0 Å². The number of carbonyl (C=O) groups excluding carboxylic acids is 1. The molecule has 2 heterocycles. The Labute approximate surface area is 142 Å². The molecule has 0 aliphatic carbocycles. The lowest BCUT2D eigenvalue weighted by Gasteiger charge is -2.27. The summed E-state index contributed by atoms with van der Waals surface area (Å²) in [5, 5.41) is 0.730. The molecule has 0 unspecified atom stereocenters. The summed E-state index contributed by atoms with van der Waals surface area (Å²) < 4.78 is 33.1. The maximum atomic E-state index is 12.5. The van der Waals surface area contributed by atoms with Gasteiger partial charge in [0, 0.05) is 18.1 Å². The SMILES string of the molecule is CC(C)(C)OC(=O)n1cc(N2CCCCS2(=O)=O)c2ccccc21. The van der Waals surface area contributed by atoms with Gasteiger partial charge in [-0.15, -0.1) is 0 Å². The van der Waals surface area contributed by atoms with E-state index in [0.717, 1.165) is 11.8 Å². The Hall–Kier alpha value is -2.02. The number of hydrogen-bond donors (Lipinski definition) is 0. The van der Waals surface area contributed by atoms with E-state index >= 15 is 0 Å². The first-order valence-electron chi connectivity index (χ1n) is 8.03. The quantitative estimate of drug-likeness (QED) is 0.791. The minimum absolute atomic E-state index is 0.138. The highest BCUT2D eigenvalue weighted by Gasteiger charge is 2.30. The van der Waals surface area contributed by atoms with E-state index in [1.165, 1.54) is 8.87 Å². The van der Waals surface area contributed by atoms with Crippen molar-refractivity contribution in [3.8, 4) is 0 Å². The monoisotopic (exact) mass is 350 g/mol. The van der Waals surface area contributed by atoms with E-state index in [1.807, 2.05) is 18.2 Å². The molecule has 130 valence electrons. The van der Waals surface area contributed by atoms with Gasteiger partial charge in [-0.05, 0) is 39.7 Å². The van der Waals surface area contributed by atoms with Gasteiger partial charge in [-0.1, -0.05) is 18.2 Å². The number of nitrogens with zero attached hydrogens (tertiary/aromatic N) is 2. The number of aromatic nitrogens is 1. The Kier molecular flexibility index (Phi) is 4.07. The van der Waals surface area contributed by atoms with Crippen LogP contribution in [-0.2, 0) is 14.8 Å². The lowest BCUT2D eigenvalue weighted by Crippen LogP contribution is -2.37. The highest BCUT2D eigenvalue weighted by atomic mass is 32.2. The summed E-state index contributed by atoms with van der Waals surface area (Å²) in [5.41, 5.74) is 0.554. The molecule has 0 atom stereocenters. The molecule has 0 N–H and O–H groups in total. The van der Waals surface area contributed by atoms with Gasteiger partial charge in [0.25, 0.3) is 0 Å². The fraction of sp³-hybridized carbons (Fsp3) is 0.471. The minimum Gasteiger partial charge on any atom is -0.443 e. The Morgan fingerprint density at radius 2 is 1.88 bits per heavy atom. The van der Waals surface area contributed by atoms with Crippen molar-refractivity contribution in [3.05, 3.63) is 30.5 Å². The molecule has 1 fully saturated rings. The molecule has 1 aliphatic rings. The summed E-state index contributed by atoms with van der Waals surface area (Å²) in [6.07, 6.45) is 2.54. The van der Waals surface area contributed by atoms with Gasteiger partial charge in [0.05, 0.1) is 17.0 Å². The van der Waals surface area contributed by atoms with E-state index < -0.39 is 21.7 Å². The summed E-state index contributed by atoms with van der Waals surface area (Å²) in [5.74, 6) is 0.138. The third-order valence-electron chi connectivity index (χ3n) is 3.90. The van der Waals surface area contributed by atoms with Crippen LogP contribution in [0.4, 0.5) is 10.5 Å². The van der Waals surface area contributed by atoms with Crippen molar-refractivity contribution >= 4 is 32.7 Å². The van der Waals surface area contributed by atoms with E-state index in [9.17, 15) is 13.2 Å². The number of rotatable bonds is 1. The zero-order chi connectivity index (χ0) is 17.5. The van der Waals surface area contributed by atoms with Crippen molar-refractivity contribution in [2.75, 3.05) is 16.6 Å². The van der Waals surface area contributed by atoms with Crippen molar-refractivity contribution in [1.29, 1.82) is 0 Å². The third kappa shape index (κ3) is 3.13. The van der Waals surface area contributed by atoms with Gasteiger partial charge in [0.2, 0.25) is 10.0 Å². The Morgan fingerprint density at radius 3 is 2.54 bits per heavy atom. The number of fused-ring (bicyclic) bond motifs is 1. The van der Waals surface area contributed by atoms with E-state index in [4.69, 9.17) is 4.74 Å². The van der Waals surface area contributed by atoms with Gasteiger partial charge < -0.3 is 4.74 Å². The topological polar surface area (TPSA) is 68.6 Å². The zero-order valence-electron chi connectivity index (χ0n) is 14.2. The second-order valence-electron chi connectivity index (χ2n) is 6.98. The van der Waals surface area contributed by atoms with Crippen molar-refractivity contribution in [2.45, 2.75) is 39.2 Å². The third-order valence-corrected chi connectivity index (χ3v) is 5.75. The summed E-state index contributed by atoms with van der Waals surface area (Å²) in [6.45, 7) is 5.83. The van der Waals surface area contributed by atoms with E-state index in [2.05, 4.69) is 0 Å². The molecule has 1 aromatic heterocycles. The van der Waals surface area contributed by atoms with E-state index in [0.29, 0.717) is 24.2 Å². The predicted molar refractivity (Wildman–Crippen MR) is 93.9 cm³/mol. The summed E-state index contributed by atoms with van der Waals surface area (Å²) in [6, 6.07) is 7.27. The second-order valence-corrected chi connectivity index (χ2v) is 8.99. The molecule has 24 heavy (non-hydrogen) atoms. The molecule has 1 aliphatic heterocycles. The lowest BCUT2D eigenvalue weighted by atomic mass is 10.2. The van der Waals surface area contributed by atoms with Crippen LogP contribution < -0.4 is 4.31 Å². The van der Waals surface area contributed by atoms with E-state index in [1.54, 1.807) is 33.0 Å². The Morgan fingerprint density at radius 1 is 1.17 bits per heavy atom. The van der Waals surface area contributed by atoms with Crippen LogP contribution in [0.5, 0.6) is 0 Å². The first-order chi connectivity index (χ1) is 11.2. The molecular weight excluding hydrogens is 328 g/mol. The molecule has 3 rings (SSSR count). The van der Waals surface area contributed by atoms with Crippen LogP contribution in [0.2, 0.25) is 0 Å². The zero-order valence-corrected chi connectivity index (χ0v) is 15.0. The number of carbonyl (C=O) groups is 1. The fourth-order valence-electron chi connectivity index (χ4n) is 2.88. The average Bonchev–Trinajstić information content (AvgIpc) is 2.85. The first kappa shape index (κ1) is 16.8. The molecule has 1 aromatic carbocycles. The number of ether oxygens (including phenoxy) is 1. The summed E-state index contributed by atoms with van der Waals surface area (Å²) in [4.78, 5) is 12.5. The van der Waals surface area contributed by atoms with Gasteiger partial charge in [0.15, 0.2) is 0 Å². The molecule has 7 heteroatoms. The molecule has 6 nitrogen and oxygen atoms in total. The van der Waals surface area contributed by atoms with Gasteiger partial charge in [-0.3, -0.25) is 8.87 Å². The highest BCUT2D eigenvalue weighted by Crippen LogP contribution is 2.33. The summed E-state index contributed by atoms with van der Waals surface area (Å²) in [7, 11) is -3.35. The van der Waals surface area contributed by atoms with Crippen LogP contribution >= 0.6 is 0 Å². The Bertz CT molecular complexity index is 878. The van der Waals surface area contributed by atoms with Gasteiger partial charge in [-0.2, -0.15) is 0 Å². The highest BCUT2D eigenvalue weighted by molar-refractivity contribution is 7.92. The number of para-hydroxylation sites is 1. The number of hydrogen-bond acceptors (Lipinski definition) is 4. The largest absolute Gasteiger partial charge is 0.443 e. The van der Waals surface area contributed by atoms with Crippen LogP contribution in [-0.4, -0.2) is 37.0 Å². The number of anilines is 1. The van der Waals surface area contributed by atoms with Crippen molar-refractivity contribution < 1.29 is 17.9 Å². The molecule has 1 saturated heterocycles. The van der Waals surface area contributed by atoms with Crippen LogP contribution in [0.15, 0.2) is 30.5 Å². The fourth-order valence-corrected chi connectivity index (χ4v) is 4.52. The standard InChI is InChI=1S/C17H22N2O4S/c1-17(2,3)23-16(20)18-12-15(13-8-4-5-9-14(13)18)19-10-6-7-11-24(19,21)22/h4-5,8-9,12H,6-7,10-11H2,1-3H3. The van der Waals surface area contributed by atoms with Crippen molar-refractivity contribution in [1.82, 2.24) is 4.57 Å². The minimum atomic E-state index is -3.35. The molecule has 2 aromatic rings. The predicted octanol–water partition coefficient (Wildman–Crippen LogP) is 3.35. The van der Waals surface area contributed by atoms with Crippen LogP contribution in [0, 0.1) is 0 Å². The maximum absolute atomic E-state index is 12.5. The molecule has 0 radical (unpaired) electrons. The molecule has 0 bridgehead atoms. The summed E-state index contributed by atoms with van der Waals surface area (Å²) >= 11 is 0. The van der Waals surface area contributed by atoms with Crippen LogP contribution in [0.1, 0.15) is 33.6 Å². The molecular formula is C17H22N2O4S. The van der Waals surface area contributed by atoms with E-state index in [-0.39, 0.29) is 5.75 Å². The smallest absolute Gasteiger partial charge is 0.419 e. The number of sulfonamides is 1. The molecule has 0 spiro atoms. The van der Waals surface area contributed by atoms with Gasteiger partial charge >= 0.3 is 6.09 Å². The van der Waals surface area contributed by atoms with Gasteiger partial charge in [-0.25, -0.2) is 13.2 Å². The Balaban J connectivity index is 2.12. The first-order valence-corrected chi connectivity index (χ1v) is 9.64. The van der Waals surface area contributed by atoms with Crippen molar-refractivity contribution in [2.24, 2.45) is 0 Å². The van der Waals surface area contributed by atoms with Crippen LogP contribution in [0.25, 0.3) is 10.9 Å². The number of benzene rings is 1. The molecule has 0 saturated carbocycles. The van der Waals surface area contributed by atoms with Gasteiger partial charge in [0.1, 0.15) is 5.60 Å². The lowest BCUT2D eigenvalue weighted by molar-refractivity contribution is 0.0544. The normalized spacial score (nSPS) is 17.9.